The molecule has 152 valence electrons. The van der Waals surface area contributed by atoms with Crippen LogP contribution in [-0.4, -0.2) is 26.7 Å². The molecule has 0 unspecified atom stereocenters. The number of halogens is 3. The summed E-state index contributed by atoms with van der Waals surface area (Å²) in [6.07, 6.45) is -0.123. The predicted molar refractivity (Wildman–Crippen MR) is 106 cm³/mol. The molecule has 0 radical (unpaired) electrons. The lowest BCUT2D eigenvalue weighted by molar-refractivity contribution is -0.274. The second-order valence-electron chi connectivity index (χ2n) is 6.37. The number of aryl methyl sites for hydroxylation is 1. The van der Waals surface area contributed by atoms with Gasteiger partial charge in [-0.1, -0.05) is 30.3 Å². The van der Waals surface area contributed by atoms with Crippen molar-refractivity contribution in [3.8, 4) is 22.6 Å². The Kier molecular flexibility index (Phi) is 5.13. The Morgan fingerprint density at radius 2 is 1.90 bits per heavy atom. The molecule has 2 aromatic carbocycles. The van der Waals surface area contributed by atoms with Gasteiger partial charge < -0.3 is 9.30 Å². The summed E-state index contributed by atoms with van der Waals surface area (Å²) in [6, 6.07) is 12.8. The van der Waals surface area contributed by atoms with Crippen molar-refractivity contribution in [2.45, 2.75) is 13.3 Å². The van der Waals surface area contributed by atoms with E-state index >= 15 is 0 Å². The van der Waals surface area contributed by atoms with Crippen molar-refractivity contribution in [3.63, 3.8) is 0 Å². The van der Waals surface area contributed by atoms with Gasteiger partial charge in [0.25, 0.3) is 0 Å². The summed E-state index contributed by atoms with van der Waals surface area (Å²) in [5, 5.41) is 0.352. The van der Waals surface area contributed by atoms with E-state index < -0.39 is 6.36 Å². The number of ketones is 1. The van der Waals surface area contributed by atoms with E-state index in [1.54, 1.807) is 53.4 Å². The van der Waals surface area contributed by atoms with E-state index in [0.717, 1.165) is 4.88 Å². The minimum absolute atomic E-state index is 0.232. The van der Waals surface area contributed by atoms with Crippen molar-refractivity contribution in [1.82, 2.24) is 14.5 Å². The molecule has 0 bridgehead atoms. The quantitative estimate of drug-likeness (QED) is 0.397. The summed E-state index contributed by atoms with van der Waals surface area (Å²) in [4.78, 5) is 21.7. The number of thiazole rings is 1. The Labute approximate surface area is 173 Å². The van der Waals surface area contributed by atoms with Crippen LogP contribution >= 0.6 is 11.3 Å². The van der Waals surface area contributed by atoms with Crippen molar-refractivity contribution in [2.24, 2.45) is 0 Å². The maximum absolute atomic E-state index is 12.7. The van der Waals surface area contributed by atoms with Gasteiger partial charge in [-0.25, -0.2) is 9.97 Å². The van der Waals surface area contributed by atoms with Crippen LogP contribution < -0.4 is 4.74 Å². The number of alkyl halides is 3. The zero-order valence-electron chi connectivity index (χ0n) is 15.6. The van der Waals surface area contributed by atoms with Crippen LogP contribution in [0.2, 0.25) is 0 Å². The smallest absolute Gasteiger partial charge is 0.405 e. The molecule has 9 heteroatoms. The zero-order valence-corrected chi connectivity index (χ0v) is 16.4. The van der Waals surface area contributed by atoms with Crippen molar-refractivity contribution in [1.29, 1.82) is 0 Å². The molecule has 0 aliphatic rings. The van der Waals surface area contributed by atoms with Gasteiger partial charge in [-0.2, -0.15) is 0 Å². The van der Waals surface area contributed by atoms with E-state index in [1.165, 1.54) is 29.8 Å². The first kappa shape index (κ1) is 19.8. The Morgan fingerprint density at radius 1 is 1.10 bits per heavy atom. The van der Waals surface area contributed by atoms with Crippen LogP contribution in [0.3, 0.4) is 0 Å². The monoisotopic (exact) mass is 429 g/mol. The van der Waals surface area contributed by atoms with E-state index in [-0.39, 0.29) is 17.2 Å². The summed E-state index contributed by atoms with van der Waals surface area (Å²) in [5.74, 6) is -0.574. The highest BCUT2D eigenvalue weighted by atomic mass is 32.1. The molecule has 2 aromatic heterocycles. The molecule has 0 aliphatic heterocycles. The number of ether oxygens (including phenoxy) is 1. The fourth-order valence-electron chi connectivity index (χ4n) is 2.90. The lowest BCUT2D eigenvalue weighted by atomic mass is 10.0. The molecule has 0 spiro atoms. The van der Waals surface area contributed by atoms with Crippen LogP contribution in [0.5, 0.6) is 5.75 Å². The Balaban J connectivity index is 1.66. The van der Waals surface area contributed by atoms with Crippen LogP contribution in [0.25, 0.3) is 16.8 Å². The number of benzene rings is 2. The second-order valence-corrected chi connectivity index (χ2v) is 7.60. The molecule has 5 nitrogen and oxygen atoms in total. The van der Waals surface area contributed by atoms with Gasteiger partial charge in [0.2, 0.25) is 5.78 Å². The number of imidazole rings is 1. The number of carbonyl (C=O) groups is 1. The van der Waals surface area contributed by atoms with Gasteiger partial charge in [0.1, 0.15) is 17.8 Å². The Hall–Kier alpha value is -3.46. The maximum atomic E-state index is 12.7. The summed E-state index contributed by atoms with van der Waals surface area (Å²) in [5.41, 5.74) is 1.70. The molecule has 0 saturated carbocycles. The van der Waals surface area contributed by atoms with Gasteiger partial charge in [0.05, 0.1) is 0 Å². The topological polar surface area (TPSA) is 57.0 Å². The molecule has 0 atom stereocenters. The summed E-state index contributed by atoms with van der Waals surface area (Å²) in [6.45, 7) is 1.86. The van der Waals surface area contributed by atoms with E-state index in [4.69, 9.17) is 0 Å². The van der Waals surface area contributed by atoms with Crippen LogP contribution in [-0.2, 0) is 0 Å². The third-order valence-corrected chi connectivity index (χ3v) is 5.11. The molecule has 2 heterocycles. The SMILES string of the molecule is Cc1cnc(C(=O)c2cn(-c3cccc(-c4ccccc4OC(F)(F)F)c3)cn2)s1. The van der Waals surface area contributed by atoms with Crippen LogP contribution in [0, 0.1) is 6.92 Å². The first-order chi connectivity index (χ1) is 14.3. The highest BCUT2D eigenvalue weighted by molar-refractivity contribution is 7.13. The lowest BCUT2D eigenvalue weighted by Gasteiger charge is -2.14. The second kappa shape index (κ2) is 7.75. The van der Waals surface area contributed by atoms with Gasteiger partial charge in [-0.05, 0) is 30.7 Å². The maximum Gasteiger partial charge on any atom is 0.573 e. The third kappa shape index (κ3) is 4.25. The first-order valence-corrected chi connectivity index (χ1v) is 9.58. The third-order valence-electron chi connectivity index (χ3n) is 4.20. The standard InChI is InChI=1S/C21H14F3N3O2S/c1-13-10-25-20(30-13)19(28)17-11-27(12-26-17)15-6-4-5-14(9-15)16-7-2-3-8-18(16)29-21(22,23)24/h2-12H,1H3. The van der Waals surface area contributed by atoms with Crippen LogP contribution in [0.15, 0.2) is 67.3 Å². The number of nitrogens with zero attached hydrogens (tertiary/aromatic N) is 3. The Bertz CT molecular complexity index is 1210. The molecule has 0 fully saturated rings. The number of aromatic nitrogens is 3. The van der Waals surface area contributed by atoms with E-state index in [0.29, 0.717) is 21.8 Å². The van der Waals surface area contributed by atoms with Crippen molar-refractivity contribution in [3.05, 3.63) is 82.8 Å². The van der Waals surface area contributed by atoms with E-state index in [1.807, 2.05) is 6.92 Å². The first-order valence-electron chi connectivity index (χ1n) is 8.77. The minimum atomic E-state index is -4.79. The lowest BCUT2D eigenvalue weighted by Crippen LogP contribution is -2.17. The van der Waals surface area contributed by atoms with Gasteiger partial charge in [0.15, 0.2) is 5.01 Å². The fourth-order valence-corrected chi connectivity index (χ4v) is 3.62. The average molecular weight is 429 g/mol. The van der Waals surface area contributed by atoms with E-state index in [2.05, 4.69) is 14.7 Å². The van der Waals surface area contributed by atoms with Crippen LogP contribution in [0.1, 0.15) is 20.4 Å². The largest absolute Gasteiger partial charge is 0.573 e. The fraction of sp³-hybridized carbons (Fsp3) is 0.0952. The van der Waals surface area contributed by atoms with Crippen molar-refractivity contribution >= 4 is 17.1 Å². The zero-order chi connectivity index (χ0) is 21.3. The van der Waals surface area contributed by atoms with Crippen molar-refractivity contribution < 1.29 is 22.7 Å². The van der Waals surface area contributed by atoms with Gasteiger partial charge in [-0.15, -0.1) is 24.5 Å². The molecule has 0 aliphatic carbocycles. The number of carbonyl (C=O) groups excluding carboxylic acids is 1. The number of para-hydroxylation sites is 1. The molecule has 0 saturated heterocycles. The van der Waals surface area contributed by atoms with Gasteiger partial charge >= 0.3 is 6.36 Å². The summed E-state index contributed by atoms with van der Waals surface area (Å²) >= 11 is 1.29. The average Bonchev–Trinajstić information content (AvgIpc) is 3.36. The molecule has 0 N–H and O–H groups in total. The molecule has 30 heavy (non-hydrogen) atoms. The summed E-state index contributed by atoms with van der Waals surface area (Å²) < 4.78 is 44.0. The molecule has 0 amide bonds. The van der Waals surface area contributed by atoms with Crippen molar-refractivity contribution in [2.75, 3.05) is 0 Å². The molecule has 4 rings (SSSR count). The molecular weight excluding hydrogens is 415 g/mol. The number of hydrogen-bond acceptors (Lipinski definition) is 5. The minimum Gasteiger partial charge on any atom is -0.405 e. The van der Waals surface area contributed by atoms with Gasteiger partial charge in [0, 0.05) is 28.5 Å². The predicted octanol–water partition coefficient (Wildman–Crippen LogP) is 5.43. The Morgan fingerprint density at radius 3 is 2.63 bits per heavy atom. The van der Waals surface area contributed by atoms with E-state index in [9.17, 15) is 18.0 Å². The van der Waals surface area contributed by atoms with Crippen LogP contribution in [0.4, 0.5) is 13.2 Å². The molecular formula is C21H14F3N3O2S. The highest BCUT2D eigenvalue weighted by Gasteiger charge is 2.32. The molecule has 4 aromatic rings. The normalized spacial score (nSPS) is 11.5. The number of rotatable bonds is 5. The van der Waals surface area contributed by atoms with Gasteiger partial charge in [-0.3, -0.25) is 4.79 Å². The highest BCUT2D eigenvalue weighted by Crippen LogP contribution is 2.34. The number of hydrogen-bond donors (Lipinski definition) is 0. The summed E-state index contributed by atoms with van der Waals surface area (Å²) in [7, 11) is 0.